The van der Waals surface area contributed by atoms with Crippen molar-refractivity contribution in [3.63, 3.8) is 0 Å². The number of benzene rings is 2. The van der Waals surface area contributed by atoms with Crippen molar-refractivity contribution in [1.82, 2.24) is 15.1 Å². The molecule has 2 heterocycles. The maximum absolute atomic E-state index is 15.2. The molecule has 0 aromatic heterocycles. The number of ether oxygens (including phenoxy) is 2. The van der Waals surface area contributed by atoms with E-state index in [1.807, 2.05) is 24.3 Å². The molecule has 2 aliphatic heterocycles. The van der Waals surface area contributed by atoms with Crippen molar-refractivity contribution in [3.05, 3.63) is 71.8 Å². The minimum absolute atomic E-state index is 0.0572. The molecule has 6 atom stereocenters. The Balaban J connectivity index is 1.46. The summed E-state index contributed by atoms with van der Waals surface area (Å²) < 4.78 is 12.0. The highest BCUT2D eigenvalue weighted by molar-refractivity contribution is 6.04. The van der Waals surface area contributed by atoms with E-state index in [9.17, 15) is 29.7 Å². The van der Waals surface area contributed by atoms with Crippen LogP contribution in [-0.2, 0) is 37.0 Å². The van der Waals surface area contributed by atoms with Gasteiger partial charge in [-0.25, -0.2) is 4.79 Å². The summed E-state index contributed by atoms with van der Waals surface area (Å²) in [5, 5.41) is 37.2. The number of likely N-dealkylation sites (tertiary alicyclic amines) is 1. The van der Waals surface area contributed by atoms with Crippen LogP contribution < -0.4 is 5.32 Å². The lowest BCUT2D eigenvalue weighted by Crippen LogP contribution is -2.83. The molecule has 4 rings (SSSR count). The zero-order chi connectivity index (χ0) is 52.4. The lowest BCUT2D eigenvalue weighted by atomic mass is 9.72. The smallest absolute Gasteiger partial charge is 0.408 e. The van der Waals surface area contributed by atoms with Gasteiger partial charge in [0.25, 0.3) is 0 Å². The number of Topliss-reactive ketones (excluding diaryl/α,β-unsaturated/α-hetero) is 1. The van der Waals surface area contributed by atoms with Crippen LogP contribution in [0, 0.1) is 0 Å². The number of nitrogens with zero attached hydrogens (tertiary/aromatic N) is 2. The summed E-state index contributed by atoms with van der Waals surface area (Å²) in [6.07, 6.45) is 29.0. The normalized spacial score (nSPS) is 20.9. The molecule has 1 unspecified atom stereocenters. The molecule has 3 amide bonds. The lowest BCUT2D eigenvalue weighted by Gasteiger charge is -2.59. The van der Waals surface area contributed by atoms with Crippen LogP contribution in [0.25, 0.3) is 0 Å². The molecular weight excluding hydrogens is 919 g/mol. The number of hydrogen-bond donors (Lipinski definition) is 4. The minimum Gasteiger partial charge on any atom is -0.445 e. The molecule has 0 radical (unpaired) electrons. The van der Waals surface area contributed by atoms with Gasteiger partial charge in [0.1, 0.15) is 31.0 Å². The Morgan fingerprint density at radius 1 is 0.630 bits per heavy atom. The number of ketones is 1. The number of carbonyl (C=O) groups excluding carboxylic acids is 4. The molecule has 2 fully saturated rings. The largest absolute Gasteiger partial charge is 0.445 e. The van der Waals surface area contributed by atoms with Crippen molar-refractivity contribution >= 4 is 23.7 Å². The van der Waals surface area contributed by atoms with Gasteiger partial charge in [0.15, 0.2) is 17.6 Å². The van der Waals surface area contributed by atoms with Crippen molar-refractivity contribution in [2.75, 3.05) is 13.2 Å². The van der Waals surface area contributed by atoms with Gasteiger partial charge in [-0.05, 0) is 24.0 Å². The number of piperidine rings is 1. The molecule has 1 spiro atoms. The van der Waals surface area contributed by atoms with Gasteiger partial charge in [0.2, 0.25) is 11.8 Å². The first kappa shape index (κ1) is 61.7. The molecule has 412 valence electrons. The molecule has 0 bridgehead atoms. The summed E-state index contributed by atoms with van der Waals surface area (Å²) in [5.41, 5.74) is -0.915. The fourth-order valence-corrected chi connectivity index (χ4v) is 11.0. The summed E-state index contributed by atoms with van der Waals surface area (Å²) in [5.74, 6) is -1.65. The van der Waals surface area contributed by atoms with Gasteiger partial charge in [-0.15, -0.1) is 0 Å². The van der Waals surface area contributed by atoms with E-state index in [0.29, 0.717) is 18.4 Å². The first-order valence-corrected chi connectivity index (χ1v) is 29.5. The van der Waals surface area contributed by atoms with Crippen LogP contribution in [0.3, 0.4) is 0 Å². The zero-order valence-electron chi connectivity index (χ0n) is 45.5. The number of alkyl carbamates (subject to hydrolysis) is 1. The van der Waals surface area contributed by atoms with Crippen molar-refractivity contribution in [3.8, 4) is 0 Å². The molecular formula is C61H99N3O9. The second kappa shape index (κ2) is 37.0. The molecule has 12 nitrogen and oxygen atoms in total. The second-order valence-electron chi connectivity index (χ2n) is 21.4. The molecule has 2 aromatic carbocycles. The Kier molecular flexibility index (Phi) is 31.3. The number of carbonyl (C=O) groups is 4. The summed E-state index contributed by atoms with van der Waals surface area (Å²) in [7, 11) is 0. The van der Waals surface area contributed by atoms with Gasteiger partial charge in [0.05, 0.1) is 6.61 Å². The first-order valence-electron chi connectivity index (χ1n) is 29.5. The molecule has 73 heavy (non-hydrogen) atoms. The highest BCUT2D eigenvalue weighted by Gasteiger charge is 2.68. The Bertz CT molecular complexity index is 1780. The van der Waals surface area contributed by atoms with Gasteiger partial charge >= 0.3 is 6.09 Å². The molecule has 2 aliphatic rings. The maximum atomic E-state index is 15.2. The number of hydrogen-bond acceptors (Lipinski definition) is 9. The van der Waals surface area contributed by atoms with Crippen LogP contribution in [0.2, 0.25) is 0 Å². The molecule has 2 aromatic rings. The fourth-order valence-electron chi connectivity index (χ4n) is 11.0. The van der Waals surface area contributed by atoms with E-state index < -0.39 is 66.9 Å². The highest BCUT2D eigenvalue weighted by atomic mass is 16.6. The van der Waals surface area contributed by atoms with Crippen molar-refractivity contribution in [1.29, 1.82) is 0 Å². The Hall–Kier alpha value is -3.84. The summed E-state index contributed by atoms with van der Waals surface area (Å²) in [6, 6.07) is 16.7. The summed E-state index contributed by atoms with van der Waals surface area (Å²) in [6.45, 7) is 3.76. The third-order valence-corrected chi connectivity index (χ3v) is 15.4. The van der Waals surface area contributed by atoms with Gasteiger partial charge in [-0.3, -0.25) is 14.4 Å². The monoisotopic (exact) mass is 1020 g/mol. The minimum atomic E-state index is -2.27. The molecule has 0 aliphatic carbocycles. The molecule has 12 heteroatoms. The molecule has 0 saturated carbocycles. The van der Waals surface area contributed by atoms with E-state index in [-0.39, 0.29) is 32.0 Å². The third-order valence-electron chi connectivity index (χ3n) is 15.4. The fraction of sp³-hybridized carbons (Fsp3) is 0.738. The third kappa shape index (κ3) is 21.4. The van der Waals surface area contributed by atoms with Crippen molar-refractivity contribution < 1.29 is 44.0 Å². The van der Waals surface area contributed by atoms with Crippen LogP contribution in [0.4, 0.5) is 4.79 Å². The quantitative estimate of drug-likeness (QED) is 0.0475. The van der Waals surface area contributed by atoms with E-state index >= 15 is 4.79 Å². The topological polar surface area (TPSA) is 166 Å². The Morgan fingerprint density at radius 3 is 1.51 bits per heavy atom. The predicted molar refractivity (Wildman–Crippen MR) is 291 cm³/mol. The summed E-state index contributed by atoms with van der Waals surface area (Å²) in [4.78, 5) is 60.8. The van der Waals surface area contributed by atoms with Gasteiger partial charge < -0.3 is 39.9 Å². The summed E-state index contributed by atoms with van der Waals surface area (Å²) >= 11 is 0. The number of amides is 3. The van der Waals surface area contributed by atoms with E-state index in [1.165, 1.54) is 151 Å². The van der Waals surface area contributed by atoms with Crippen LogP contribution in [0.15, 0.2) is 60.7 Å². The van der Waals surface area contributed by atoms with Crippen LogP contribution in [-0.4, -0.2) is 98.1 Å². The lowest BCUT2D eigenvalue weighted by molar-refractivity contribution is -0.278. The predicted octanol–water partition coefficient (Wildman–Crippen LogP) is 12.8. The Labute approximate surface area is 441 Å². The number of rotatable bonds is 40. The van der Waals surface area contributed by atoms with Gasteiger partial charge in [0, 0.05) is 25.9 Å². The number of unbranched alkanes of at least 4 members (excludes halogenated alkanes) is 29. The number of nitrogens with one attached hydrogen (secondary N) is 1. The standard InChI is InChI=1S/C61H99N3O9/c1-3-5-7-9-11-13-15-17-19-21-23-25-27-29-31-39-45-63(55(67)44-38-30-28-26-24-22-20-18-16-14-12-10-8-6-4-2)59-61(57(69)56(68)53(48-65)73-59)54(66)46-52(58(70)64(61)47-50-40-34-32-35-41-50)62-60(71)72-49-51-42-36-33-37-43-51/h32-37,40-43,52-53,56-57,59,65,68-69H,3-31,38-39,44-49H2,1-2H3,(H,62,71)/t52-,53+,56+,57-,59+,61?/m0/s1. The van der Waals surface area contributed by atoms with Crippen molar-refractivity contribution in [2.45, 2.75) is 275 Å². The highest BCUT2D eigenvalue weighted by Crippen LogP contribution is 2.43. The van der Waals surface area contributed by atoms with Gasteiger partial charge in [-0.2, -0.15) is 0 Å². The first-order chi connectivity index (χ1) is 35.7. The maximum Gasteiger partial charge on any atom is 0.408 e. The number of aliphatic hydroxyl groups excluding tert-OH is 3. The average molecular weight is 1020 g/mol. The average Bonchev–Trinajstić information content (AvgIpc) is 3.40. The van der Waals surface area contributed by atoms with E-state index in [4.69, 9.17) is 9.47 Å². The SMILES string of the molecule is CCCCCCCCCCCCCCCCCCN(C(=O)CCCCCCCCCCCCCCCCC)[C@@H]1O[C@H](CO)[C@@H](O)[C@H](O)C12C(=O)C[C@H](NC(=O)OCc1ccccc1)C(=O)N2Cc1ccccc1. The van der Waals surface area contributed by atoms with Gasteiger partial charge in [-0.1, -0.05) is 261 Å². The van der Waals surface area contributed by atoms with Crippen molar-refractivity contribution in [2.24, 2.45) is 0 Å². The molecule has 4 N–H and O–H groups in total. The second-order valence-corrected chi connectivity index (χ2v) is 21.4. The number of aliphatic hydroxyl groups is 3. The Morgan fingerprint density at radius 2 is 1.05 bits per heavy atom. The van der Waals surface area contributed by atoms with E-state index in [0.717, 1.165) is 50.5 Å². The van der Waals surface area contributed by atoms with Crippen LogP contribution in [0.5, 0.6) is 0 Å². The van der Waals surface area contributed by atoms with Crippen LogP contribution >= 0.6 is 0 Å². The van der Waals surface area contributed by atoms with Crippen LogP contribution in [0.1, 0.15) is 237 Å². The zero-order valence-corrected chi connectivity index (χ0v) is 45.5. The molecule has 2 saturated heterocycles. The van der Waals surface area contributed by atoms with E-state index in [2.05, 4.69) is 19.2 Å². The van der Waals surface area contributed by atoms with E-state index in [1.54, 1.807) is 36.4 Å².